The van der Waals surface area contributed by atoms with Crippen LogP contribution in [-0.2, 0) is 13.6 Å². The van der Waals surface area contributed by atoms with E-state index in [9.17, 15) is 4.79 Å². The van der Waals surface area contributed by atoms with Crippen LogP contribution in [-0.4, -0.2) is 70.0 Å². The summed E-state index contributed by atoms with van der Waals surface area (Å²) in [7, 11) is 3.54. The normalized spacial score (nSPS) is 15.4. The number of aryl methyl sites for hydroxylation is 2. The van der Waals surface area contributed by atoms with Crippen molar-refractivity contribution >= 4 is 11.8 Å². The maximum Gasteiger partial charge on any atom is 0.293 e. The molecule has 140 valence electrons. The molecule has 0 amide bonds. The Hall–Kier alpha value is -2.84. The van der Waals surface area contributed by atoms with E-state index < -0.39 is 0 Å². The highest BCUT2D eigenvalue weighted by molar-refractivity contribution is 5.80. The molecule has 0 spiro atoms. The molecule has 2 aromatic rings. The number of hydrogen-bond donors (Lipinski definition) is 1. The summed E-state index contributed by atoms with van der Waals surface area (Å²) >= 11 is 0. The van der Waals surface area contributed by atoms with Gasteiger partial charge in [0, 0.05) is 65.4 Å². The molecule has 0 saturated carbocycles. The van der Waals surface area contributed by atoms with Crippen LogP contribution < -0.4 is 15.8 Å². The Morgan fingerprint density at radius 2 is 2.08 bits per heavy atom. The Balaban J connectivity index is 1.52. The second kappa shape index (κ2) is 8.03. The number of aromatic nitrogens is 4. The van der Waals surface area contributed by atoms with E-state index in [1.165, 1.54) is 0 Å². The smallest absolute Gasteiger partial charge is 0.293 e. The molecule has 3 heterocycles. The molecule has 9 nitrogen and oxygen atoms in total. The van der Waals surface area contributed by atoms with Crippen molar-refractivity contribution in [1.82, 2.24) is 29.5 Å². The monoisotopic (exact) mass is 358 g/mol. The van der Waals surface area contributed by atoms with Crippen LogP contribution >= 0.6 is 0 Å². The van der Waals surface area contributed by atoms with Gasteiger partial charge in [-0.05, 0) is 12.5 Å². The molecule has 2 aromatic heterocycles. The van der Waals surface area contributed by atoms with Gasteiger partial charge in [-0.2, -0.15) is 5.10 Å². The van der Waals surface area contributed by atoms with Gasteiger partial charge in [0.25, 0.3) is 5.56 Å². The molecular formula is C17H26N8O. The summed E-state index contributed by atoms with van der Waals surface area (Å²) in [6, 6.07) is 0. The summed E-state index contributed by atoms with van der Waals surface area (Å²) in [4.78, 5) is 25.1. The molecule has 1 aliphatic rings. The van der Waals surface area contributed by atoms with Crippen molar-refractivity contribution < 1.29 is 0 Å². The fourth-order valence-corrected chi connectivity index (χ4v) is 3.04. The van der Waals surface area contributed by atoms with Crippen molar-refractivity contribution in [3.8, 4) is 0 Å². The van der Waals surface area contributed by atoms with Crippen LogP contribution in [0.4, 0.5) is 5.82 Å². The maximum atomic E-state index is 12.2. The summed E-state index contributed by atoms with van der Waals surface area (Å²) in [6.45, 7) is 6.65. The van der Waals surface area contributed by atoms with Gasteiger partial charge in [-0.3, -0.25) is 14.5 Å². The first kappa shape index (κ1) is 18.0. The average molecular weight is 358 g/mol. The maximum absolute atomic E-state index is 12.2. The SMILES string of the molecule is CN=C(NCCn1cc(C)cn1)N1CCN(c2nccn(C)c2=O)CC1. The van der Waals surface area contributed by atoms with Crippen molar-refractivity contribution in [3.63, 3.8) is 0 Å². The van der Waals surface area contributed by atoms with E-state index in [0.717, 1.165) is 50.8 Å². The van der Waals surface area contributed by atoms with Gasteiger partial charge >= 0.3 is 0 Å². The van der Waals surface area contributed by atoms with E-state index in [1.807, 2.05) is 28.9 Å². The van der Waals surface area contributed by atoms with E-state index in [0.29, 0.717) is 5.82 Å². The molecular weight excluding hydrogens is 332 g/mol. The van der Waals surface area contributed by atoms with E-state index in [1.54, 1.807) is 31.1 Å². The molecule has 3 rings (SSSR count). The zero-order valence-corrected chi connectivity index (χ0v) is 15.6. The Bertz CT molecular complexity index is 816. The van der Waals surface area contributed by atoms with Gasteiger partial charge in [0.05, 0.1) is 12.7 Å². The largest absolute Gasteiger partial charge is 0.354 e. The lowest BCUT2D eigenvalue weighted by Crippen LogP contribution is -2.54. The Morgan fingerprint density at radius 3 is 2.73 bits per heavy atom. The number of hydrogen-bond acceptors (Lipinski definition) is 5. The number of guanidine groups is 1. The molecule has 0 unspecified atom stereocenters. The van der Waals surface area contributed by atoms with Gasteiger partial charge in [-0.15, -0.1) is 0 Å². The minimum absolute atomic E-state index is 0.0574. The number of nitrogens with one attached hydrogen (secondary N) is 1. The third kappa shape index (κ3) is 4.04. The molecule has 9 heteroatoms. The van der Waals surface area contributed by atoms with Crippen LogP contribution in [0.25, 0.3) is 0 Å². The van der Waals surface area contributed by atoms with Crippen molar-refractivity contribution in [2.75, 3.05) is 44.7 Å². The summed E-state index contributed by atoms with van der Waals surface area (Å²) < 4.78 is 3.48. The van der Waals surface area contributed by atoms with Crippen molar-refractivity contribution in [2.24, 2.45) is 12.0 Å². The number of rotatable bonds is 4. The summed E-state index contributed by atoms with van der Waals surface area (Å²) in [5.74, 6) is 1.40. The minimum atomic E-state index is -0.0574. The topological polar surface area (TPSA) is 83.6 Å². The van der Waals surface area contributed by atoms with Gasteiger partial charge in [0.1, 0.15) is 0 Å². The Labute approximate surface area is 153 Å². The molecule has 26 heavy (non-hydrogen) atoms. The van der Waals surface area contributed by atoms with Crippen molar-refractivity contribution in [2.45, 2.75) is 13.5 Å². The summed E-state index contributed by atoms with van der Waals surface area (Å²) in [5.41, 5.74) is 1.10. The average Bonchev–Trinajstić information content (AvgIpc) is 3.07. The number of nitrogens with zero attached hydrogens (tertiary/aromatic N) is 7. The first-order valence-electron chi connectivity index (χ1n) is 8.79. The Kier molecular flexibility index (Phi) is 5.55. The van der Waals surface area contributed by atoms with Crippen LogP contribution in [0.15, 0.2) is 34.6 Å². The molecule has 1 fully saturated rings. The van der Waals surface area contributed by atoms with Gasteiger partial charge < -0.3 is 19.7 Å². The third-order valence-corrected chi connectivity index (χ3v) is 4.48. The van der Waals surface area contributed by atoms with E-state index >= 15 is 0 Å². The molecule has 0 aliphatic carbocycles. The first-order chi connectivity index (χ1) is 12.6. The van der Waals surface area contributed by atoms with Crippen LogP contribution in [0, 0.1) is 6.92 Å². The predicted molar refractivity (Wildman–Crippen MR) is 102 cm³/mol. The quantitative estimate of drug-likeness (QED) is 0.596. The minimum Gasteiger partial charge on any atom is -0.354 e. The zero-order valence-electron chi connectivity index (χ0n) is 15.6. The fraction of sp³-hybridized carbons (Fsp3) is 0.529. The van der Waals surface area contributed by atoms with Crippen LogP contribution in [0.1, 0.15) is 5.56 Å². The Morgan fingerprint density at radius 1 is 1.31 bits per heavy atom. The first-order valence-corrected chi connectivity index (χ1v) is 8.79. The summed E-state index contributed by atoms with van der Waals surface area (Å²) in [6.07, 6.45) is 7.22. The molecule has 0 bridgehead atoms. The predicted octanol–water partition coefficient (Wildman–Crippen LogP) is -0.317. The van der Waals surface area contributed by atoms with Crippen LogP contribution in [0.2, 0.25) is 0 Å². The second-order valence-corrected chi connectivity index (χ2v) is 6.40. The third-order valence-electron chi connectivity index (χ3n) is 4.48. The van der Waals surface area contributed by atoms with Gasteiger partial charge in [0.15, 0.2) is 11.8 Å². The highest BCUT2D eigenvalue weighted by atomic mass is 16.1. The standard InChI is InChI=1S/C17H26N8O/c1-14-12-21-25(13-14)7-5-20-17(18-2)24-10-8-23(9-11-24)15-16(26)22(3)6-4-19-15/h4,6,12-13H,5,7-11H2,1-3H3,(H,18,20). The number of anilines is 1. The van der Waals surface area contributed by atoms with Crippen molar-refractivity contribution in [3.05, 3.63) is 40.7 Å². The van der Waals surface area contributed by atoms with E-state index in [-0.39, 0.29) is 5.56 Å². The molecule has 1 saturated heterocycles. The summed E-state index contributed by atoms with van der Waals surface area (Å²) in [5, 5.41) is 7.67. The lowest BCUT2D eigenvalue weighted by atomic mass is 10.3. The van der Waals surface area contributed by atoms with E-state index in [4.69, 9.17) is 0 Å². The molecule has 1 aliphatic heterocycles. The van der Waals surface area contributed by atoms with Gasteiger partial charge in [0.2, 0.25) is 0 Å². The van der Waals surface area contributed by atoms with Crippen LogP contribution in [0.5, 0.6) is 0 Å². The number of piperazine rings is 1. The van der Waals surface area contributed by atoms with Crippen LogP contribution in [0.3, 0.4) is 0 Å². The van der Waals surface area contributed by atoms with Crippen molar-refractivity contribution in [1.29, 1.82) is 0 Å². The second-order valence-electron chi connectivity index (χ2n) is 6.40. The highest BCUT2D eigenvalue weighted by Gasteiger charge is 2.22. The van der Waals surface area contributed by atoms with Gasteiger partial charge in [-0.25, -0.2) is 4.98 Å². The molecule has 0 atom stereocenters. The lowest BCUT2D eigenvalue weighted by molar-refractivity contribution is 0.369. The fourth-order valence-electron chi connectivity index (χ4n) is 3.04. The molecule has 1 N–H and O–H groups in total. The lowest BCUT2D eigenvalue weighted by Gasteiger charge is -2.36. The molecule has 0 aromatic carbocycles. The highest BCUT2D eigenvalue weighted by Crippen LogP contribution is 2.08. The number of aliphatic imine (C=N–C) groups is 1. The zero-order chi connectivity index (χ0) is 18.5. The molecule has 0 radical (unpaired) electrons. The van der Waals surface area contributed by atoms with Gasteiger partial charge in [-0.1, -0.05) is 0 Å². The van der Waals surface area contributed by atoms with E-state index in [2.05, 4.69) is 25.3 Å².